The minimum Gasteiger partial charge on any atom is -0.361 e. The summed E-state index contributed by atoms with van der Waals surface area (Å²) in [5.41, 5.74) is 2.80. The summed E-state index contributed by atoms with van der Waals surface area (Å²) in [6.45, 7) is 1.89. The van der Waals surface area contributed by atoms with E-state index in [1.54, 1.807) is 12.1 Å². The van der Waals surface area contributed by atoms with Crippen LogP contribution in [0.15, 0.2) is 54.7 Å². The van der Waals surface area contributed by atoms with Crippen LogP contribution in [0, 0.1) is 11.7 Å². The van der Waals surface area contributed by atoms with Gasteiger partial charge in [0.2, 0.25) is 5.91 Å². The van der Waals surface area contributed by atoms with Gasteiger partial charge in [-0.3, -0.25) is 4.79 Å². The summed E-state index contributed by atoms with van der Waals surface area (Å²) in [4.78, 5) is 15.5. The number of carbonyl (C=O) groups excluding carboxylic acids is 1. The van der Waals surface area contributed by atoms with Crippen LogP contribution in [0.2, 0.25) is 0 Å². The molecule has 3 nitrogen and oxygen atoms in total. The van der Waals surface area contributed by atoms with Gasteiger partial charge in [0, 0.05) is 28.7 Å². The number of rotatable bonds is 4. The van der Waals surface area contributed by atoms with Gasteiger partial charge in [-0.1, -0.05) is 25.1 Å². The van der Waals surface area contributed by atoms with Gasteiger partial charge in [-0.2, -0.15) is 0 Å². The number of fused-ring (bicyclic) bond motifs is 1. The van der Waals surface area contributed by atoms with E-state index < -0.39 is 0 Å². The molecule has 112 valence electrons. The fourth-order valence-corrected chi connectivity index (χ4v) is 2.52. The number of carbonyl (C=O) groups is 1. The predicted octanol–water partition coefficient (Wildman–Crippen LogP) is 4.12. The second-order valence-electron chi connectivity index (χ2n) is 5.46. The molecule has 1 aromatic heterocycles. The van der Waals surface area contributed by atoms with Crippen molar-refractivity contribution in [2.45, 2.75) is 13.3 Å². The Kier molecular flexibility index (Phi) is 3.92. The first-order valence-corrected chi connectivity index (χ1v) is 7.25. The third-order valence-electron chi connectivity index (χ3n) is 3.76. The van der Waals surface area contributed by atoms with Gasteiger partial charge < -0.3 is 10.3 Å². The van der Waals surface area contributed by atoms with Crippen molar-refractivity contribution in [1.82, 2.24) is 4.98 Å². The van der Waals surface area contributed by atoms with Crippen molar-refractivity contribution >= 4 is 22.5 Å². The summed E-state index contributed by atoms with van der Waals surface area (Å²) in [7, 11) is 0. The van der Waals surface area contributed by atoms with Gasteiger partial charge in [-0.25, -0.2) is 4.39 Å². The minimum atomic E-state index is -0.315. The number of nitrogens with one attached hydrogen (secondary N) is 2. The molecule has 0 aliphatic heterocycles. The van der Waals surface area contributed by atoms with Crippen LogP contribution in [-0.4, -0.2) is 10.9 Å². The smallest absolute Gasteiger partial charge is 0.227 e. The zero-order chi connectivity index (χ0) is 15.5. The van der Waals surface area contributed by atoms with E-state index in [0.717, 1.165) is 16.5 Å². The third-order valence-corrected chi connectivity index (χ3v) is 3.76. The van der Waals surface area contributed by atoms with Gasteiger partial charge >= 0.3 is 0 Å². The lowest BCUT2D eigenvalue weighted by atomic mass is 10.00. The molecule has 0 spiro atoms. The Morgan fingerprint density at radius 3 is 2.68 bits per heavy atom. The number of H-pyrrole nitrogens is 1. The predicted molar refractivity (Wildman–Crippen MR) is 86.2 cm³/mol. The average Bonchev–Trinajstić information content (AvgIpc) is 2.93. The quantitative estimate of drug-likeness (QED) is 0.747. The van der Waals surface area contributed by atoms with Crippen molar-refractivity contribution in [1.29, 1.82) is 0 Å². The molecule has 0 saturated carbocycles. The molecule has 22 heavy (non-hydrogen) atoms. The molecule has 1 unspecified atom stereocenters. The molecule has 1 amide bonds. The summed E-state index contributed by atoms with van der Waals surface area (Å²) < 4.78 is 12.9. The maximum Gasteiger partial charge on any atom is 0.227 e. The Labute approximate surface area is 128 Å². The molecule has 1 atom stereocenters. The SMILES string of the molecule is CC(Cc1c[nH]c2ccccc12)C(=O)Nc1ccc(F)cc1. The number of aromatic nitrogens is 1. The van der Waals surface area contributed by atoms with Crippen molar-refractivity contribution < 1.29 is 9.18 Å². The molecule has 1 heterocycles. The fraction of sp³-hybridized carbons (Fsp3) is 0.167. The van der Waals surface area contributed by atoms with Crippen LogP contribution >= 0.6 is 0 Å². The number of benzene rings is 2. The van der Waals surface area contributed by atoms with E-state index in [4.69, 9.17) is 0 Å². The van der Waals surface area contributed by atoms with Crippen LogP contribution in [-0.2, 0) is 11.2 Å². The molecule has 0 aliphatic carbocycles. The number of aromatic amines is 1. The van der Waals surface area contributed by atoms with Gasteiger partial charge in [-0.05, 0) is 42.3 Å². The Balaban J connectivity index is 1.69. The van der Waals surface area contributed by atoms with Crippen LogP contribution in [0.3, 0.4) is 0 Å². The molecule has 3 aromatic rings. The van der Waals surface area contributed by atoms with Crippen molar-refractivity contribution in [3.05, 3.63) is 66.1 Å². The van der Waals surface area contributed by atoms with E-state index in [-0.39, 0.29) is 17.6 Å². The number of hydrogen-bond acceptors (Lipinski definition) is 1. The van der Waals surface area contributed by atoms with E-state index in [2.05, 4.69) is 10.3 Å². The molecule has 4 heteroatoms. The van der Waals surface area contributed by atoms with Crippen molar-refractivity contribution in [3.63, 3.8) is 0 Å². The van der Waals surface area contributed by atoms with Gasteiger partial charge in [0.1, 0.15) is 5.82 Å². The Hall–Kier alpha value is -2.62. The lowest BCUT2D eigenvalue weighted by Crippen LogP contribution is -2.22. The molecule has 2 aromatic carbocycles. The molecule has 0 saturated heterocycles. The van der Waals surface area contributed by atoms with E-state index in [1.165, 1.54) is 12.1 Å². The van der Waals surface area contributed by atoms with Gasteiger partial charge in [0.25, 0.3) is 0 Å². The van der Waals surface area contributed by atoms with Crippen LogP contribution in [0.4, 0.5) is 10.1 Å². The van der Waals surface area contributed by atoms with E-state index in [0.29, 0.717) is 12.1 Å². The zero-order valence-corrected chi connectivity index (χ0v) is 12.3. The molecule has 0 radical (unpaired) electrons. The summed E-state index contributed by atoms with van der Waals surface area (Å²) in [5, 5.41) is 3.96. The monoisotopic (exact) mass is 296 g/mol. The molecular formula is C18H17FN2O. The lowest BCUT2D eigenvalue weighted by molar-refractivity contribution is -0.119. The van der Waals surface area contributed by atoms with Crippen molar-refractivity contribution in [2.75, 3.05) is 5.32 Å². The Morgan fingerprint density at radius 2 is 1.91 bits per heavy atom. The summed E-state index contributed by atoms with van der Waals surface area (Å²) >= 11 is 0. The highest BCUT2D eigenvalue weighted by Crippen LogP contribution is 2.21. The van der Waals surface area contributed by atoms with Gasteiger partial charge in [-0.15, -0.1) is 0 Å². The molecular weight excluding hydrogens is 279 g/mol. The highest BCUT2D eigenvalue weighted by Gasteiger charge is 2.15. The molecule has 2 N–H and O–H groups in total. The molecule has 0 bridgehead atoms. The first-order valence-electron chi connectivity index (χ1n) is 7.25. The molecule has 0 fully saturated rings. The first-order chi connectivity index (χ1) is 10.6. The lowest BCUT2D eigenvalue weighted by Gasteiger charge is -2.12. The third kappa shape index (κ3) is 3.01. The minimum absolute atomic E-state index is 0.0723. The number of hydrogen-bond donors (Lipinski definition) is 2. The zero-order valence-electron chi connectivity index (χ0n) is 12.3. The highest BCUT2D eigenvalue weighted by molar-refractivity contribution is 5.93. The van der Waals surface area contributed by atoms with Crippen LogP contribution in [0.25, 0.3) is 10.9 Å². The number of halogens is 1. The van der Waals surface area contributed by atoms with Crippen LogP contribution in [0.5, 0.6) is 0 Å². The topological polar surface area (TPSA) is 44.9 Å². The largest absolute Gasteiger partial charge is 0.361 e. The summed E-state index contributed by atoms with van der Waals surface area (Å²) in [5.74, 6) is -0.564. The first kappa shape index (κ1) is 14.3. The number of para-hydroxylation sites is 1. The average molecular weight is 296 g/mol. The summed E-state index contributed by atoms with van der Waals surface area (Å²) in [6.07, 6.45) is 2.60. The second kappa shape index (κ2) is 6.02. The maximum atomic E-state index is 12.9. The Bertz CT molecular complexity index is 792. The number of anilines is 1. The molecule has 0 aliphatic rings. The highest BCUT2D eigenvalue weighted by atomic mass is 19.1. The van der Waals surface area contributed by atoms with E-state index >= 15 is 0 Å². The maximum absolute atomic E-state index is 12.9. The molecule has 3 rings (SSSR count). The standard InChI is InChI=1S/C18H17FN2O/c1-12(18(22)21-15-8-6-14(19)7-9-15)10-13-11-20-17-5-3-2-4-16(13)17/h2-9,11-12,20H,10H2,1H3,(H,21,22). The summed E-state index contributed by atoms with van der Waals surface area (Å²) in [6, 6.07) is 13.8. The van der Waals surface area contributed by atoms with Crippen molar-refractivity contribution in [3.8, 4) is 0 Å². The van der Waals surface area contributed by atoms with E-state index in [9.17, 15) is 9.18 Å². The normalized spacial score (nSPS) is 12.3. The number of amides is 1. The van der Waals surface area contributed by atoms with Crippen molar-refractivity contribution in [2.24, 2.45) is 5.92 Å². The Morgan fingerprint density at radius 1 is 1.18 bits per heavy atom. The van der Waals surface area contributed by atoms with Gasteiger partial charge in [0.05, 0.1) is 0 Å². The van der Waals surface area contributed by atoms with Crippen LogP contribution in [0.1, 0.15) is 12.5 Å². The van der Waals surface area contributed by atoms with Gasteiger partial charge in [0.15, 0.2) is 0 Å². The van der Waals surface area contributed by atoms with E-state index in [1.807, 2.05) is 37.4 Å². The fourth-order valence-electron chi connectivity index (χ4n) is 2.52. The van der Waals surface area contributed by atoms with Crippen LogP contribution < -0.4 is 5.32 Å². The second-order valence-corrected chi connectivity index (χ2v) is 5.46.